The van der Waals surface area contributed by atoms with Crippen molar-refractivity contribution in [1.82, 2.24) is 9.62 Å². The van der Waals surface area contributed by atoms with E-state index in [1.807, 2.05) is 34.6 Å². The van der Waals surface area contributed by atoms with Gasteiger partial charge in [0.05, 0.1) is 16.7 Å². The molecule has 8 nitrogen and oxygen atoms in total. The summed E-state index contributed by atoms with van der Waals surface area (Å²) < 4.78 is 33.4. The Morgan fingerprint density at radius 1 is 1.12 bits per heavy atom. The zero-order valence-corrected chi connectivity index (χ0v) is 20.7. The van der Waals surface area contributed by atoms with Gasteiger partial charge in [0.25, 0.3) is 0 Å². The van der Waals surface area contributed by atoms with Crippen molar-refractivity contribution >= 4 is 27.5 Å². The lowest BCUT2D eigenvalue weighted by Gasteiger charge is -2.26. The predicted molar refractivity (Wildman–Crippen MR) is 125 cm³/mol. The number of ether oxygens (including phenoxy) is 1. The van der Waals surface area contributed by atoms with Crippen LogP contribution in [0, 0.1) is 5.41 Å². The van der Waals surface area contributed by atoms with Gasteiger partial charge in [0.2, 0.25) is 21.8 Å². The Balaban J connectivity index is 2.09. The van der Waals surface area contributed by atoms with Crippen LogP contribution in [-0.2, 0) is 19.6 Å². The van der Waals surface area contributed by atoms with Crippen LogP contribution in [0.15, 0.2) is 23.1 Å². The van der Waals surface area contributed by atoms with E-state index in [-0.39, 0.29) is 29.2 Å². The molecule has 0 spiro atoms. The summed E-state index contributed by atoms with van der Waals surface area (Å²) in [6.07, 6.45) is 3.26. The first-order valence-electron chi connectivity index (χ1n) is 11.3. The molecular formula is C23H37N3O5S. The van der Waals surface area contributed by atoms with Gasteiger partial charge in [-0.15, -0.1) is 0 Å². The summed E-state index contributed by atoms with van der Waals surface area (Å²) >= 11 is 0. The van der Waals surface area contributed by atoms with E-state index in [1.165, 1.54) is 16.4 Å². The van der Waals surface area contributed by atoms with E-state index in [0.29, 0.717) is 37.5 Å². The molecule has 1 heterocycles. The van der Waals surface area contributed by atoms with Crippen LogP contribution in [0.25, 0.3) is 0 Å². The highest BCUT2D eigenvalue weighted by Crippen LogP contribution is 2.31. The van der Waals surface area contributed by atoms with Gasteiger partial charge in [-0.25, -0.2) is 8.42 Å². The molecule has 2 rings (SSSR count). The number of benzene rings is 1. The summed E-state index contributed by atoms with van der Waals surface area (Å²) in [5, 5.41) is 5.61. The monoisotopic (exact) mass is 467 g/mol. The van der Waals surface area contributed by atoms with Crippen molar-refractivity contribution in [3.8, 4) is 5.75 Å². The minimum absolute atomic E-state index is 0.0684. The number of carbonyl (C=O) groups is 2. The van der Waals surface area contributed by atoms with Crippen LogP contribution in [0.1, 0.15) is 66.7 Å². The number of nitrogens with one attached hydrogen (secondary N) is 2. The van der Waals surface area contributed by atoms with Crippen molar-refractivity contribution in [3.63, 3.8) is 0 Å². The summed E-state index contributed by atoms with van der Waals surface area (Å²) in [6.45, 7) is 10.6. The average Bonchev–Trinajstić information content (AvgIpc) is 2.71. The molecule has 0 aromatic heterocycles. The van der Waals surface area contributed by atoms with E-state index in [0.717, 1.165) is 19.3 Å². The lowest BCUT2D eigenvalue weighted by Crippen LogP contribution is -2.35. The highest BCUT2D eigenvalue weighted by Gasteiger charge is 2.27. The standard InChI is InChI=1S/C23H37N3O5S/c1-17(2)31-20-12-11-18(32(29,30)26-14-7-6-8-15-26)16-19(20)25-21(27)10-9-13-24-22(28)23(3,4)5/h11-12,16-17H,6-10,13-15H2,1-5H3,(H,24,28)(H,25,27). The van der Waals surface area contributed by atoms with E-state index in [1.54, 1.807) is 6.07 Å². The van der Waals surface area contributed by atoms with E-state index >= 15 is 0 Å². The zero-order chi connectivity index (χ0) is 23.9. The summed E-state index contributed by atoms with van der Waals surface area (Å²) in [6, 6.07) is 4.59. The van der Waals surface area contributed by atoms with E-state index in [9.17, 15) is 18.0 Å². The topological polar surface area (TPSA) is 105 Å². The Morgan fingerprint density at radius 2 is 1.78 bits per heavy atom. The van der Waals surface area contributed by atoms with Crippen LogP contribution in [0.3, 0.4) is 0 Å². The zero-order valence-electron chi connectivity index (χ0n) is 19.9. The van der Waals surface area contributed by atoms with Gasteiger partial charge in [0.1, 0.15) is 5.75 Å². The smallest absolute Gasteiger partial charge is 0.243 e. The average molecular weight is 468 g/mol. The summed E-state index contributed by atoms with van der Waals surface area (Å²) in [7, 11) is -3.63. The number of hydrogen-bond donors (Lipinski definition) is 2. The SMILES string of the molecule is CC(C)Oc1ccc(S(=O)(=O)N2CCCCC2)cc1NC(=O)CCCNC(=O)C(C)(C)C. The maximum atomic E-state index is 13.0. The summed E-state index contributed by atoms with van der Waals surface area (Å²) in [5.41, 5.74) is -0.147. The van der Waals surface area contributed by atoms with Crippen LogP contribution < -0.4 is 15.4 Å². The molecule has 1 saturated heterocycles. The van der Waals surface area contributed by atoms with Crippen molar-refractivity contribution < 1.29 is 22.7 Å². The molecule has 32 heavy (non-hydrogen) atoms. The minimum Gasteiger partial charge on any atom is -0.489 e. The molecule has 1 aromatic rings. The van der Waals surface area contributed by atoms with Gasteiger partial charge in [-0.3, -0.25) is 9.59 Å². The molecule has 1 aliphatic heterocycles. The third-order valence-electron chi connectivity index (χ3n) is 5.09. The fourth-order valence-corrected chi connectivity index (χ4v) is 4.85. The molecule has 180 valence electrons. The van der Waals surface area contributed by atoms with E-state index in [4.69, 9.17) is 4.74 Å². The van der Waals surface area contributed by atoms with Gasteiger partial charge < -0.3 is 15.4 Å². The van der Waals surface area contributed by atoms with Crippen molar-refractivity contribution in [1.29, 1.82) is 0 Å². The van der Waals surface area contributed by atoms with E-state index < -0.39 is 15.4 Å². The molecule has 0 aliphatic carbocycles. The van der Waals surface area contributed by atoms with Gasteiger partial charge in [-0.2, -0.15) is 4.31 Å². The molecule has 1 aromatic carbocycles. The molecule has 1 fully saturated rings. The van der Waals surface area contributed by atoms with Crippen molar-refractivity contribution in [2.75, 3.05) is 25.0 Å². The van der Waals surface area contributed by atoms with Gasteiger partial charge in [-0.1, -0.05) is 27.2 Å². The van der Waals surface area contributed by atoms with Crippen LogP contribution >= 0.6 is 0 Å². The van der Waals surface area contributed by atoms with Gasteiger partial charge in [0.15, 0.2) is 0 Å². The molecule has 0 radical (unpaired) electrons. The summed E-state index contributed by atoms with van der Waals surface area (Å²) in [5.74, 6) is 0.0873. The lowest BCUT2D eigenvalue weighted by molar-refractivity contribution is -0.128. The molecule has 9 heteroatoms. The molecule has 0 saturated carbocycles. The number of amides is 2. The Bertz CT molecular complexity index is 901. The summed E-state index contributed by atoms with van der Waals surface area (Å²) in [4.78, 5) is 24.6. The number of nitrogens with zero attached hydrogens (tertiary/aromatic N) is 1. The van der Waals surface area contributed by atoms with Gasteiger partial charge >= 0.3 is 0 Å². The molecule has 2 amide bonds. The maximum Gasteiger partial charge on any atom is 0.243 e. The third-order valence-corrected chi connectivity index (χ3v) is 6.98. The van der Waals surface area contributed by atoms with Crippen molar-refractivity contribution in [2.45, 2.75) is 77.7 Å². The molecule has 0 bridgehead atoms. The number of carbonyl (C=O) groups excluding carboxylic acids is 2. The number of sulfonamides is 1. The Labute approximate surface area is 192 Å². The van der Waals surface area contributed by atoms with Crippen LogP contribution in [0.2, 0.25) is 0 Å². The number of piperidine rings is 1. The second-order valence-electron chi connectivity index (χ2n) is 9.45. The third kappa shape index (κ3) is 7.48. The van der Waals surface area contributed by atoms with Crippen molar-refractivity contribution in [3.05, 3.63) is 18.2 Å². The van der Waals surface area contributed by atoms with Gasteiger partial charge in [-0.05, 0) is 51.3 Å². The fourth-order valence-electron chi connectivity index (χ4n) is 3.31. The minimum atomic E-state index is -3.63. The fraction of sp³-hybridized carbons (Fsp3) is 0.652. The van der Waals surface area contributed by atoms with E-state index in [2.05, 4.69) is 10.6 Å². The van der Waals surface area contributed by atoms with Crippen LogP contribution in [0.4, 0.5) is 5.69 Å². The number of anilines is 1. The quantitative estimate of drug-likeness (QED) is 0.541. The molecule has 0 atom stereocenters. The Hall–Kier alpha value is -2.13. The molecule has 0 unspecified atom stereocenters. The first-order valence-corrected chi connectivity index (χ1v) is 12.7. The Morgan fingerprint density at radius 3 is 2.38 bits per heavy atom. The lowest BCUT2D eigenvalue weighted by atomic mass is 9.96. The highest BCUT2D eigenvalue weighted by molar-refractivity contribution is 7.89. The second kappa shape index (κ2) is 11.1. The first-order chi connectivity index (χ1) is 14.9. The molecule has 1 aliphatic rings. The molecular weight excluding hydrogens is 430 g/mol. The Kier molecular flexibility index (Phi) is 9.09. The first kappa shape index (κ1) is 26.1. The largest absolute Gasteiger partial charge is 0.489 e. The maximum absolute atomic E-state index is 13.0. The normalized spacial score (nSPS) is 15.4. The molecule has 2 N–H and O–H groups in total. The predicted octanol–water partition coefficient (Wildman–Crippen LogP) is 3.53. The van der Waals surface area contributed by atoms with Crippen LogP contribution in [0.5, 0.6) is 5.75 Å². The van der Waals surface area contributed by atoms with Crippen molar-refractivity contribution in [2.24, 2.45) is 5.41 Å². The number of rotatable bonds is 9. The second-order valence-corrected chi connectivity index (χ2v) is 11.4. The van der Waals surface area contributed by atoms with Crippen LogP contribution in [-0.4, -0.2) is 50.3 Å². The number of hydrogen-bond acceptors (Lipinski definition) is 5. The highest BCUT2D eigenvalue weighted by atomic mass is 32.2. The van der Waals surface area contributed by atoms with Gasteiger partial charge in [0, 0.05) is 31.5 Å².